The zero-order valence-electron chi connectivity index (χ0n) is 10.8. The van der Waals surface area contributed by atoms with Gasteiger partial charge < -0.3 is 10.0 Å². The Morgan fingerprint density at radius 1 is 1.53 bits per heavy atom. The van der Waals surface area contributed by atoms with Crippen LogP contribution in [-0.4, -0.2) is 23.2 Å². The van der Waals surface area contributed by atoms with Crippen molar-refractivity contribution in [2.45, 2.75) is 39.2 Å². The number of aliphatic hydroxyl groups excluding tert-OH is 1. The van der Waals surface area contributed by atoms with E-state index in [4.69, 9.17) is 0 Å². The molecule has 17 heavy (non-hydrogen) atoms. The first-order chi connectivity index (χ1) is 8.20. The van der Waals surface area contributed by atoms with Gasteiger partial charge in [0.2, 0.25) is 0 Å². The smallest absolute Gasteiger partial charge is 0.128 e. The quantitative estimate of drug-likeness (QED) is 0.870. The number of nitrogens with zero attached hydrogens (tertiary/aromatic N) is 2. The molecule has 0 aliphatic carbocycles. The van der Waals surface area contributed by atoms with Crippen LogP contribution in [0.25, 0.3) is 0 Å². The van der Waals surface area contributed by atoms with Crippen molar-refractivity contribution >= 4 is 5.82 Å². The van der Waals surface area contributed by atoms with Crippen LogP contribution >= 0.6 is 0 Å². The van der Waals surface area contributed by atoms with Gasteiger partial charge in [-0.3, -0.25) is 0 Å². The van der Waals surface area contributed by atoms with Crippen LogP contribution in [0.5, 0.6) is 0 Å². The standard InChI is InChI=1S/C14H22N2O/c1-3-4-12-7-8-16(10-12)14-6-5-13(9-15-14)11(2)17/h5-6,9,11-12,17H,3-4,7-8,10H2,1-2H3/t11-,12?/m0/s1. The van der Waals surface area contributed by atoms with E-state index < -0.39 is 6.10 Å². The molecule has 1 saturated heterocycles. The zero-order chi connectivity index (χ0) is 12.3. The summed E-state index contributed by atoms with van der Waals surface area (Å²) in [7, 11) is 0. The minimum absolute atomic E-state index is 0.428. The molecule has 2 heterocycles. The van der Waals surface area contributed by atoms with Crippen molar-refractivity contribution in [3.05, 3.63) is 23.9 Å². The zero-order valence-corrected chi connectivity index (χ0v) is 10.8. The fourth-order valence-electron chi connectivity index (χ4n) is 2.52. The van der Waals surface area contributed by atoms with Gasteiger partial charge in [-0.1, -0.05) is 19.4 Å². The fraction of sp³-hybridized carbons (Fsp3) is 0.643. The first-order valence-electron chi connectivity index (χ1n) is 6.59. The van der Waals surface area contributed by atoms with Crippen molar-refractivity contribution in [3.63, 3.8) is 0 Å². The third kappa shape index (κ3) is 2.97. The molecule has 1 unspecified atom stereocenters. The Balaban J connectivity index is 1.99. The van der Waals surface area contributed by atoms with Crippen LogP contribution in [-0.2, 0) is 0 Å². The number of pyridine rings is 1. The predicted molar refractivity (Wildman–Crippen MR) is 70.1 cm³/mol. The monoisotopic (exact) mass is 234 g/mol. The Morgan fingerprint density at radius 3 is 2.94 bits per heavy atom. The lowest BCUT2D eigenvalue weighted by atomic mass is 10.0. The van der Waals surface area contributed by atoms with E-state index >= 15 is 0 Å². The summed E-state index contributed by atoms with van der Waals surface area (Å²) in [5.41, 5.74) is 0.887. The van der Waals surface area contributed by atoms with E-state index in [0.29, 0.717) is 0 Å². The van der Waals surface area contributed by atoms with E-state index in [1.807, 2.05) is 12.1 Å². The molecule has 1 aromatic heterocycles. The minimum Gasteiger partial charge on any atom is -0.389 e. The molecule has 1 N–H and O–H groups in total. The van der Waals surface area contributed by atoms with E-state index in [1.54, 1.807) is 13.1 Å². The van der Waals surface area contributed by atoms with Gasteiger partial charge >= 0.3 is 0 Å². The Hall–Kier alpha value is -1.09. The number of aromatic nitrogens is 1. The molecule has 0 amide bonds. The molecule has 3 heteroatoms. The van der Waals surface area contributed by atoms with E-state index in [0.717, 1.165) is 30.4 Å². The second kappa shape index (κ2) is 5.50. The molecule has 94 valence electrons. The van der Waals surface area contributed by atoms with Crippen molar-refractivity contribution in [1.29, 1.82) is 0 Å². The average Bonchev–Trinajstić information content (AvgIpc) is 2.78. The van der Waals surface area contributed by atoms with Gasteiger partial charge in [0, 0.05) is 19.3 Å². The second-order valence-electron chi connectivity index (χ2n) is 5.02. The van der Waals surface area contributed by atoms with Crippen molar-refractivity contribution in [2.24, 2.45) is 5.92 Å². The highest BCUT2D eigenvalue weighted by Crippen LogP contribution is 2.25. The lowest BCUT2D eigenvalue weighted by Gasteiger charge is -2.18. The first-order valence-corrected chi connectivity index (χ1v) is 6.59. The van der Waals surface area contributed by atoms with Crippen molar-refractivity contribution in [3.8, 4) is 0 Å². The molecule has 1 fully saturated rings. The maximum Gasteiger partial charge on any atom is 0.128 e. The summed E-state index contributed by atoms with van der Waals surface area (Å²) >= 11 is 0. The fourth-order valence-corrected chi connectivity index (χ4v) is 2.52. The molecule has 0 saturated carbocycles. The SMILES string of the molecule is CCCC1CCN(c2ccc([C@H](C)O)cn2)C1. The molecule has 3 nitrogen and oxygen atoms in total. The number of hydrogen-bond acceptors (Lipinski definition) is 3. The Bertz CT molecular complexity index is 348. The highest BCUT2D eigenvalue weighted by molar-refractivity contribution is 5.40. The molecule has 2 rings (SSSR count). The van der Waals surface area contributed by atoms with Gasteiger partial charge in [0.1, 0.15) is 5.82 Å². The third-order valence-corrected chi connectivity index (χ3v) is 3.56. The summed E-state index contributed by atoms with van der Waals surface area (Å²) in [6.45, 7) is 6.27. The Kier molecular flexibility index (Phi) is 4.00. The van der Waals surface area contributed by atoms with Gasteiger partial charge in [-0.2, -0.15) is 0 Å². The summed E-state index contributed by atoms with van der Waals surface area (Å²) in [5.74, 6) is 1.88. The highest BCUT2D eigenvalue weighted by Gasteiger charge is 2.22. The maximum atomic E-state index is 9.44. The number of rotatable bonds is 4. The Morgan fingerprint density at radius 2 is 2.35 bits per heavy atom. The van der Waals surface area contributed by atoms with Gasteiger partial charge in [0.25, 0.3) is 0 Å². The summed E-state index contributed by atoms with van der Waals surface area (Å²) in [6, 6.07) is 4.00. The minimum atomic E-state index is -0.428. The van der Waals surface area contributed by atoms with E-state index in [2.05, 4.69) is 16.8 Å². The summed E-state index contributed by atoms with van der Waals surface area (Å²) < 4.78 is 0. The lowest BCUT2D eigenvalue weighted by molar-refractivity contribution is 0.199. The molecule has 1 aromatic rings. The normalized spacial score (nSPS) is 21.8. The van der Waals surface area contributed by atoms with Crippen molar-refractivity contribution in [2.75, 3.05) is 18.0 Å². The third-order valence-electron chi connectivity index (χ3n) is 3.56. The molecule has 1 aliphatic rings. The van der Waals surface area contributed by atoms with Gasteiger partial charge in [0.05, 0.1) is 6.10 Å². The molecule has 1 aliphatic heterocycles. The molecule has 2 atom stereocenters. The summed E-state index contributed by atoms with van der Waals surface area (Å²) in [6.07, 6.45) is 5.23. The average molecular weight is 234 g/mol. The van der Waals surface area contributed by atoms with Gasteiger partial charge in [-0.25, -0.2) is 4.98 Å². The van der Waals surface area contributed by atoms with Crippen molar-refractivity contribution in [1.82, 2.24) is 4.98 Å². The van der Waals surface area contributed by atoms with Gasteiger partial charge in [-0.15, -0.1) is 0 Å². The van der Waals surface area contributed by atoms with Crippen LogP contribution in [0.15, 0.2) is 18.3 Å². The maximum absolute atomic E-state index is 9.44. The predicted octanol–water partition coefficient (Wildman–Crippen LogP) is 2.76. The van der Waals surface area contributed by atoms with Crippen LogP contribution in [0.1, 0.15) is 44.8 Å². The number of anilines is 1. The number of hydrogen-bond donors (Lipinski definition) is 1. The molecule has 0 spiro atoms. The molecular formula is C14H22N2O. The van der Waals surface area contributed by atoms with Gasteiger partial charge in [0.15, 0.2) is 0 Å². The van der Waals surface area contributed by atoms with E-state index in [1.165, 1.54) is 19.3 Å². The highest BCUT2D eigenvalue weighted by atomic mass is 16.3. The molecule has 0 bridgehead atoms. The molecule has 0 radical (unpaired) electrons. The van der Waals surface area contributed by atoms with Crippen LogP contribution in [0.2, 0.25) is 0 Å². The van der Waals surface area contributed by atoms with Crippen LogP contribution < -0.4 is 4.90 Å². The van der Waals surface area contributed by atoms with Gasteiger partial charge in [-0.05, 0) is 37.3 Å². The molecule has 0 aromatic carbocycles. The van der Waals surface area contributed by atoms with Crippen molar-refractivity contribution < 1.29 is 5.11 Å². The van der Waals surface area contributed by atoms with E-state index in [9.17, 15) is 5.11 Å². The van der Waals surface area contributed by atoms with Crippen LogP contribution in [0, 0.1) is 5.92 Å². The first kappa shape index (κ1) is 12.4. The van der Waals surface area contributed by atoms with Crippen LogP contribution in [0.3, 0.4) is 0 Å². The lowest BCUT2D eigenvalue weighted by Crippen LogP contribution is -2.20. The Labute approximate surface area is 103 Å². The van der Waals surface area contributed by atoms with Crippen LogP contribution in [0.4, 0.5) is 5.82 Å². The number of aliphatic hydroxyl groups is 1. The van der Waals surface area contributed by atoms with E-state index in [-0.39, 0.29) is 0 Å². The molecular weight excluding hydrogens is 212 g/mol. The second-order valence-corrected chi connectivity index (χ2v) is 5.02. The topological polar surface area (TPSA) is 36.4 Å². The largest absolute Gasteiger partial charge is 0.389 e. The summed E-state index contributed by atoms with van der Waals surface area (Å²) in [5, 5.41) is 9.44. The summed E-state index contributed by atoms with van der Waals surface area (Å²) in [4.78, 5) is 6.80.